The highest BCUT2D eigenvalue weighted by molar-refractivity contribution is 9.12. The van der Waals surface area contributed by atoms with Crippen molar-refractivity contribution in [1.29, 1.82) is 0 Å². The average Bonchev–Trinajstić information content (AvgIpc) is 2.67. The number of aliphatic carboxylic acids is 1. The molecule has 2 aliphatic carbocycles. The molecule has 0 aliphatic heterocycles. The first kappa shape index (κ1) is 11.9. The molecule has 0 unspecified atom stereocenters. The molecule has 2 aliphatic rings. The van der Waals surface area contributed by atoms with Crippen LogP contribution in [0.3, 0.4) is 0 Å². The van der Waals surface area contributed by atoms with Crippen LogP contribution in [0.15, 0.2) is 0 Å². The molecule has 2 saturated carbocycles. The quantitative estimate of drug-likeness (QED) is 0.782. The van der Waals surface area contributed by atoms with Gasteiger partial charge in [0.2, 0.25) is 0 Å². The largest absolute Gasteiger partial charge is 0.481 e. The Morgan fingerprint density at radius 3 is 2.53 bits per heavy atom. The Kier molecular flexibility index (Phi) is 2.56. The fourth-order valence-electron chi connectivity index (χ4n) is 3.63. The summed E-state index contributed by atoms with van der Waals surface area (Å²) in [7, 11) is 0. The van der Waals surface area contributed by atoms with E-state index in [-0.39, 0.29) is 9.74 Å². The highest BCUT2D eigenvalue weighted by Gasteiger charge is 2.72. The molecule has 0 spiro atoms. The monoisotopic (exact) mass is 338 g/mol. The Morgan fingerprint density at radius 2 is 2.13 bits per heavy atom. The molecule has 0 radical (unpaired) electrons. The van der Waals surface area contributed by atoms with E-state index < -0.39 is 11.4 Å². The molecule has 15 heavy (non-hydrogen) atoms. The van der Waals surface area contributed by atoms with Gasteiger partial charge in [-0.1, -0.05) is 45.7 Å². The summed E-state index contributed by atoms with van der Waals surface area (Å²) in [5.41, 5.74) is -0.516. The number of carboxylic acid groups (broad SMARTS) is 1. The van der Waals surface area contributed by atoms with E-state index >= 15 is 0 Å². The summed E-state index contributed by atoms with van der Waals surface area (Å²) in [6, 6.07) is 0. The first-order chi connectivity index (χ1) is 6.82. The fourth-order valence-corrected chi connectivity index (χ4v) is 5.74. The van der Waals surface area contributed by atoms with Crippen LogP contribution in [-0.4, -0.2) is 20.7 Å². The zero-order valence-corrected chi connectivity index (χ0v) is 12.2. The smallest absolute Gasteiger partial charge is 0.311 e. The molecule has 0 heterocycles. The Labute approximate surface area is 107 Å². The highest BCUT2D eigenvalue weighted by atomic mass is 79.9. The van der Waals surface area contributed by atoms with E-state index in [0.717, 1.165) is 19.3 Å². The molecule has 0 aromatic rings. The maximum Gasteiger partial charge on any atom is 0.311 e. The summed E-state index contributed by atoms with van der Waals surface area (Å²) in [6.07, 6.45) is 2.69. The lowest BCUT2D eigenvalue weighted by Gasteiger charge is -2.49. The minimum atomic E-state index is -0.633. The zero-order chi connectivity index (χ0) is 11.5. The number of alkyl halides is 2. The fraction of sp³-hybridized carbons (Fsp3) is 0.909. The van der Waals surface area contributed by atoms with Gasteiger partial charge in [0.25, 0.3) is 0 Å². The van der Waals surface area contributed by atoms with Crippen molar-refractivity contribution in [2.75, 3.05) is 5.33 Å². The molecule has 3 atom stereocenters. The van der Waals surface area contributed by atoms with Crippen LogP contribution in [0.25, 0.3) is 0 Å². The molecular weight excluding hydrogens is 324 g/mol. The van der Waals surface area contributed by atoms with Gasteiger partial charge < -0.3 is 5.11 Å². The minimum absolute atomic E-state index is 0.0488. The van der Waals surface area contributed by atoms with Crippen molar-refractivity contribution in [3.8, 4) is 0 Å². The Bertz CT molecular complexity index is 316. The number of fused-ring (bicyclic) bond motifs is 2. The van der Waals surface area contributed by atoms with Gasteiger partial charge in [-0.25, -0.2) is 0 Å². The summed E-state index contributed by atoms with van der Waals surface area (Å²) in [6.45, 7) is 4.38. The predicted octanol–water partition coefficient (Wildman–Crippen LogP) is 3.43. The molecule has 0 amide bonds. The van der Waals surface area contributed by atoms with E-state index in [1.165, 1.54) is 0 Å². The van der Waals surface area contributed by atoms with E-state index in [1.54, 1.807) is 0 Å². The second-order valence-corrected chi connectivity index (χ2v) is 7.40. The second kappa shape index (κ2) is 3.22. The van der Waals surface area contributed by atoms with Gasteiger partial charge in [-0.3, -0.25) is 4.79 Å². The van der Waals surface area contributed by atoms with E-state index in [4.69, 9.17) is 0 Å². The van der Waals surface area contributed by atoms with Gasteiger partial charge in [-0.15, -0.1) is 0 Å². The van der Waals surface area contributed by atoms with Crippen molar-refractivity contribution in [2.24, 2.45) is 16.7 Å². The standard InChI is InChI=1S/C11H16Br2O2/c1-9(2)7-3-4-10(5-7,8(14)15)11(9,13)6-12/h7H,3-6H2,1-2H3,(H,14,15)/t7-,10-,11-/m0/s1. The lowest BCUT2D eigenvalue weighted by atomic mass is 9.64. The van der Waals surface area contributed by atoms with Crippen LogP contribution in [-0.2, 0) is 4.79 Å². The van der Waals surface area contributed by atoms with Crippen molar-refractivity contribution in [1.82, 2.24) is 0 Å². The number of hydrogen-bond acceptors (Lipinski definition) is 1. The van der Waals surface area contributed by atoms with Crippen LogP contribution in [0.1, 0.15) is 33.1 Å². The predicted molar refractivity (Wildman–Crippen MR) is 66.6 cm³/mol. The zero-order valence-electron chi connectivity index (χ0n) is 9.02. The van der Waals surface area contributed by atoms with E-state index in [2.05, 4.69) is 45.7 Å². The summed E-state index contributed by atoms with van der Waals surface area (Å²) in [5, 5.41) is 10.2. The summed E-state index contributed by atoms with van der Waals surface area (Å²) >= 11 is 7.26. The molecule has 1 N–H and O–H groups in total. The molecule has 0 aromatic heterocycles. The number of carbonyl (C=O) groups is 1. The van der Waals surface area contributed by atoms with Crippen LogP contribution in [0, 0.1) is 16.7 Å². The number of carboxylic acids is 1. The Hall–Kier alpha value is 0.430. The van der Waals surface area contributed by atoms with Crippen LogP contribution >= 0.6 is 31.9 Å². The van der Waals surface area contributed by atoms with Crippen LogP contribution in [0.5, 0.6) is 0 Å². The number of halogens is 2. The van der Waals surface area contributed by atoms with Gasteiger partial charge in [-0.05, 0) is 30.6 Å². The third-order valence-corrected chi connectivity index (χ3v) is 8.56. The van der Waals surface area contributed by atoms with Gasteiger partial charge in [0, 0.05) is 5.33 Å². The van der Waals surface area contributed by atoms with Crippen molar-refractivity contribution in [3.05, 3.63) is 0 Å². The molecule has 2 rings (SSSR count). The molecule has 0 saturated heterocycles. The van der Waals surface area contributed by atoms with Crippen molar-refractivity contribution in [3.63, 3.8) is 0 Å². The lowest BCUT2D eigenvalue weighted by Crippen LogP contribution is -2.55. The first-order valence-electron chi connectivity index (χ1n) is 5.30. The van der Waals surface area contributed by atoms with Crippen LogP contribution < -0.4 is 0 Å². The van der Waals surface area contributed by atoms with Gasteiger partial charge in [0.1, 0.15) is 0 Å². The molecule has 4 heteroatoms. The molecular formula is C11H16Br2O2. The molecule has 0 aromatic carbocycles. The third kappa shape index (κ3) is 1.13. The SMILES string of the molecule is CC1(C)[C@H]2CC[C@@](C(=O)O)(C2)[C@]1(Br)CBr. The Balaban J connectivity index is 2.54. The average molecular weight is 340 g/mol. The van der Waals surface area contributed by atoms with Crippen LogP contribution in [0.2, 0.25) is 0 Å². The lowest BCUT2D eigenvalue weighted by molar-refractivity contribution is -0.150. The van der Waals surface area contributed by atoms with Gasteiger partial charge in [0.15, 0.2) is 0 Å². The number of hydrogen-bond donors (Lipinski definition) is 1. The van der Waals surface area contributed by atoms with E-state index in [0.29, 0.717) is 11.2 Å². The van der Waals surface area contributed by atoms with Gasteiger partial charge >= 0.3 is 5.97 Å². The second-order valence-electron chi connectivity index (χ2n) is 5.48. The normalized spacial score (nSPS) is 47.1. The minimum Gasteiger partial charge on any atom is -0.481 e. The first-order valence-corrected chi connectivity index (χ1v) is 7.21. The van der Waals surface area contributed by atoms with Crippen molar-refractivity contribution >= 4 is 37.8 Å². The van der Waals surface area contributed by atoms with Gasteiger partial charge in [0.05, 0.1) is 9.74 Å². The molecule has 2 fully saturated rings. The summed E-state index contributed by atoms with van der Waals surface area (Å²) in [4.78, 5) is 11.6. The van der Waals surface area contributed by atoms with Crippen molar-refractivity contribution < 1.29 is 9.90 Å². The topological polar surface area (TPSA) is 37.3 Å². The molecule has 2 nitrogen and oxygen atoms in total. The summed E-state index contributed by atoms with van der Waals surface area (Å²) in [5.74, 6) is -0.0996. The maximum atomic E-state index is 11.6. The van der Waals surface area contributed by atoms with E-state index in [1.807, 2.05) is 0 Å². The van der Waals surface area contributed by atoms with Crippen molar-refractivity contribution in [2.45, 2.75) is 37.4 Å². The highest BCUT2D eigenvalue weighted by Crippen LogP contribution is 2.71. The number of rotatable bonds is 2. The maximum absolute atomic E-state index is 11.6. The Morgan fingerprint density at radius 1 is 1.53 bits per heavy atom. The third-order valence-electron chi connectivity index (χ3n) is 4.91. The summed E-state index contributed by atoms with van der Waals surface area (Å²) < 4.78 is -0.304. The molecule has 2 bridgehead atoms. The van der Waals surface area contributed by atoms with E-state index in [9.17, 15) is 9.90 Å². The van der Waals surface area contributed by atoms with Gasteiger partial charge in [-0.2, -0.15) is 0 Å². The van der Waals surface area contributed by atoms with Crippen LogP contribution in [0.4, 0.5) is 0 Å². The molecule has 86 valence electrons.